The average Bonchev–Trinajstić information content (AvgIpc) is 2.92. The van der Waals surface area contributed by atoms with E-state index in [0.717, 1.165) is 0 Å². The lowest BCUT2D eigenvalue weighted by Gasteiger charge is -2.08. The molecule has 0 aliphatic rings. The van der Waals surface area contributed by atoms with Gasteiger partial charge in [-0.2, -0.15) is 5.10 Å². The Bertz CT molecular complexity index is 713. The van der Waals surface area contributed by atoms with E-state index in [4.69, 9.17) is 4.74 Å². The zero-order valence-corrected chi connectivity index (χ0v) is 12.8. The van der Waals surface area contributed by atoms with Gasteiger partial charge in [-0.3, -0.25) is 19.6 Å². The summed E-state index contributed by atoms with van der Waals surface area (Å²) in [5.74, 6) is -0.0855. The van der Waals surface area contributed by atoms with E-state index in [9.17, 15) is 14.9 Å². The highest BCUT2D eigenvalue weighted by Gasteiger charge is 2.18. The SMILES string of the molecule is COCCNc1ccc(C(=O)Nc2ccn(C)n2)cc1[N+](=O)[O-]. The van der Waals surface area contributed by atoms with E-state index < -0.39 is 10.8 Å². The maximum atomic E-state index is 12.1. The Hall–Kier alpha value is -2.94. The smallest absolute Gasteiger partial charge is 0.293 e. The predicted octanol–water partition coefficient (Wildman–Crippen LogP) is 1.64. The van der Waals surface area contributed by atoms with Gasteiger partial charge in [0.1, 0.15) is 5.69 Å². The molecule has 0 saturated carbocycles. The summed E-state index contributed by atoms with van der Waals surface area (Å²) in [4.78, 5) is 22.8. The normalized spacial score (nSPS) is 10.3. The van der Waals surface area contributed by atoms with Crippen LogP contribution in [0.5, 0.6) is 0 Å². The van der Waals surface area contributed by atoms with Crippen LogP contribution >= 0.6 is 0 Å². The third-order valence-electron chi connectivity index (χ3n) is 3.03. The summed E-state index contributed by atoms with van der Waals surface area (Å²) >= 11 is 0. The lowest BCUT2D eigenvalue weighted by Crippen LogP contribution is -2.14. The number of anilines is 2. The topological polar surface area (TPSA) is 111 Å². The Morgan fingerprint density at radius 3 is 2.83 bits per heavy atom. The molecule has 2 N–H and O–H groups in total. The van der Waals surface area contributed by atoms with E-state index in [1.807, 2.05) is 0 Å². The summed E-state index contributed by atoms with van der Waals surface area (Å²) in [5.41, 5.74) is 0.343. The van der Waals surface area contributed by atoms with Crippen molar-refractivity contribution in [1.29, 1.82) is 0 Å². The Kier molecular flexibility index (Phi) is 5.26. The molecule has 0 atom stereocenters. The number of hydrogen-bond donors (Lipinski definition) is 2. The molecule has 0 fully saturated rings. The molecule has 122 valence electrons. The molecule has 0 aliphatic carbocycles. The molecule has 1 heterocycles. The number of aryl methyl sites for hydroxylation is 1. The van der Waals surface area contributed by atoms with Crippen LogP contribution in [0.2, 0.25) is 0 Å². The average molecular weight is 319 g/mol. The molecule has 0 bridgehead atoms. The van der Waals surface area contributed by atoms with Gasteiger partial charge in [0, 0.05) is 44.6 Å². The zero-order chi connectivity index (χ0) is 16.8. The highest BCUT2D eigenvalue weighted by Crippen LogP contribution is 2.25. The molecule has 9 nitrogen and oxygen atoms in total. The second-order valence-corrected chi connectivity index (χ2v) is 4.74. The molecule has 0 spiro atoms. The Morgan fingerprint density at radius 2 is 2.22 bits per heavy atom. The first-order valence-corrected chi connectivity index (χ1v) is 6.83. The van der Waals surface area contributed by atoms with E-state index in [0.29, 0.717) is 24.7 Å². The number of nitrogens with one attached hydrogen (secondary N) is 2. The zero-order valence-electron chi connectivity index (χ0n) is 12.8. The standard InChI is InChI=1S/C14H17N5O4/c1-18-7-5-13(17-18)16-14(20)10-3-4-11(15-6-8-23-2)12(9-10)19(21)22/h3-5,7,9,15H,6,8H2,1-2H3,(H,16,17,20). The van der Waals surface area contributed by atoms with Crippen LogP contribution in [0.15, 0.2) is 30.5 Å². The second kappa shape index (κ2) is 7.36. The van der Waals surface area contributed by atoms with Gasteiger partial charge in [-0.05, 0) is 12.1 Å². The molecule has 9 heteroatoms. The molecule has 1 amide bonds. The molecule has 0 saturated heterocycles. The molecule has 0 unspecified atom stereocenters. The summed E-state index contributed by atoms with van der Waals surface area (Å²) in [7, 11) is 3.27. The van der Waals surface area contributed by atoms with Crippen molar-refractivity contribution in [2.75, 3.05) is 30.9 Å². The molecule has 2 aromatic rings. The Morgan fingerprint density at radius 1 is 1.43 bits per heavy atom. The number of nitro benzene ring substituents is 1. The number of amides is 1. The van der Waals surface area contributed by atoms with Gasteiger partial charge < -0.3 is 15.4 Å². The Labute approximate surface area is 132 Å². The summed E-state index contributed by atoms with van der Waals surface area (Å²) < 4.78 is 6.43. The van der Waals surface area contributed by atoms with Gasteiger partial charge in [0.2, 0.25) is 0 Å². The maximum absolute atomic E-state index is 12.1. The van der Waals surface area contributed by atoms with E-state index in [2.05, 4.69) is 15.7 Å². The van der Waals surface area contributed by atoms with Crippen LogP contribution in [-0.2, 0) is 11.8 Å². The maximum Gasteiger partial charge on any atom is 0.293 e. The van der Waals surface area contributed by atoms with Crippen LogP contribution in [-0.4, -0.2) is 40.9 Å². The van der Waals surface area contributed by atoms with Crippen molar-refractivity contribution >= 4 is 23.1 Å². The molecule has 2 rings (SSSR count). The van der Waals surface area contributed by atoms with Gasteiger partial charge in [-0.25, -0.2) is 0 Å². The van der Waals surface area contributed by atoms with Crippen molar-refractivity contribution in [3.63, 3.8) is 0 Å². The quantitative estimate of drug-likeness (QED) is 0.456. The summed E-state index contributed by atoms with van der Waals surface area (Å²) in [5, 5.41) is 20.7. The third kappa shape index (κ3) is 4.27. The number of carbonyl (C=O) groups excluding carboxylic acids is 1. The van der Waals surface area contributed by atoms with Gasteiger partial charge in [-0.1, -0.05) is 0 Å². The number of carbonyl (C=O) groups is 1. The van der Waals surface area contributed by atoms with Crippen molar-refractivity contribution in [2.24, 2.45) is 7.05 Å². The Balaban J connectivity index is 2.17. The number of ether oxygens (including phenoxy) is 1. The van der Waals surface area contributed by atoms with Crippen molar-refractivity contribution in [1.82, 2.24) is 9.78 Å². The number of benzene rings is 1. The molecular formula is C14H17N5O4. The predicted molar refractivity (Wildman–Crippen MR) is 84.6 cm³/mol. The van der Waals surface area contributed by atoms with Gasteiger partial charge >= 0.3 is 0 Å². The number of hydrogen-bond acceptors (Lipinski definition) is 6. The number of rotatable bonds is 7. The van der Waals surface area contributed by atoms with Crippen LogP contribution in [0.25, 0.3) is 0 Å². The largest absolute Gasteiger partial charge is 0.383 e. The highest BCUT2D eigenvalue weighted by atomic mass is 16.6. The van der Waals surface area contributed by atoms with E-state index >= 15 is 0 Å². The van der Waals surface area contributed by atoms with Gasteiger partial charge in [0.25, 0.3) is 11.6 Å². The minimum absolute atomic E-state index is 0.172. The van der Waals surface area contributed by atoms with Gasteiger partial charge in [0.05, 0.1) is 11.5 Å². The van der Waals surface area contributed by atoms with Crippen molar-refractivity contribution < 1.29 is 14.5 Å². The van der Waals surface area contributed by atoms with E-state index in [1.54, 1.807) is 31.1 Å². The van der Waals surface area contributed by atoms with Crippen molar-refractivity contribution in [3.05, 3.63) is 46.1 Å². The van der Waals surface area contributed by atoms with Crippen LogP contribution in [0, 0.1) is 10.1 Å². The van der Waals surface area contributed by atoms with E-state index in [-0.39, 0.29) is 11.3 Å². The summed E-state index contributed by atoms with van der Waals surface area (Å²) in [6, 6.07) is 5.88. The van der Waals surface area contributed by atoms with Crippen molar-refractivity contribution in [2.45, 2.75) is 0 Å². The molecule has 1 aromatic heterocycles. The fourth-order valence-electron chi connectivity index (χ4n) is 1.93. The number of nitrogens with zero attached hydrogens (tertiary/aromatic N) is 3. The number of methoxy groups -OCH3 is 1. The molecular weight excluding hydrogens is 302 g/mol. The molecule has 0 radical (unpaired) electrons. The highest BCUT2D eigenvalue weighted by molar-refractivity contribution is 6.04. The third-order valence-corrected chi connectivity index (χ3v) is 3.03. The van der Waals surface area contributed by atoms with Crippen LogP contribution < -0.4 is 10.6 Å². The molecule has 23 heavy (non-hydrogen) atoms. The first-order chi connectivity index (χ1) is 11.0. The first-order valence-electron chi connectivity index (χ1n) is 6.83. The second-order valence-electron chi connectivity index (χ2n) is 4.74. The fourth-order valence-corrected chi connectivity index (χ4v) is 1.93. The van der Waals surface area contributed by atoms with Crippen LogP contribution in [0.4, 0.5) is 17.2 Å². The monoisotopic (exact) mass is 319 g/mol. The molecule has 1 aromatic carbocycles. The lowest BCUT2D eigenvalue weighted by molar-refractivity contribution is -0.384. The first kappa shape index (κ1) is 16.4. The summed E-state index contributed by atoms with van der Waals surface area (Å²) in [6.45, 7) is 0.843. The fraction of sp³-hybridized carbons (Fsp3) is 0.286. The van der Waals surface area contributed by atoms with Crippen LogP contribution in [0.1, 0.15) is 10.4 Å². The van der Waals surface area contributed by atoms with Crippen LogP contribution in [0.3, 0.4) is 0 Å². The minimum Gasteiger partial charge on any atom is -0.383 e. The van der Waals surface area contributed by atoms with E-state index in [1.165, 1.54) is 18.2 Å². The minimum atomic E-state index is -0.535. The number of aromatic nitrogens is 2. The molecule has 0 aliphatic heterocycles. The van der Waals surface area contributed by atoms with Gasteiger partial charge in [-0.15, -0.1) is 0 Å². The van der Waals surface area contributed by atoms with Gasteiger partial charge in [0.15, 0.2) is 5.82 Å². The van der Waals surface area contributed by atoms with Crippen molar-refractivity contribution in [3.8, 4) is 0 Å². The lowest BCUT2D eigenvalue weighted by atomic mass is 10.1. The summed E-state index contributed by atoms with van der Waals surface area (Å²) in [6.07, 6.45) is 1.68. The number of nitro groups is 1.